The van der Waals surface area contributed by atoms with Crippen molar-refractivity contribution >= 4 is 11.8 Å². The Morgan fingerprint density at radius 2 is 2.04 bits per heavy atom. The number of carbonyl (C=O) groups excluding carboxylic acids is 2. The van der Waals surface area contributed by atoms with Crippen LogP contribution in [-0.4, -0.2) is 46.5 Å². The number of nitrogens with zero attached hydrogens (tertiary/aromatic N) is 3. The smallest absolute Gasteiger partial charge is 0.228 e. The van der Waals surface area contributed by atoms with Gasteiger partial charge in [0.1, 0.15) is 5.82 Å². The Labute approximate surface area is 156 Å². The Balaban J connectivity index is 1.43. The summed E-state index contributed by atoms with van der Waals surface area (Å²) in [7, 11) is 0. The third-order valence-corrected chi connectivity index (χ3v) is 4.76. The number of rotatable bonds is 6. The van der Waals surface area contributed by atoms with Gasteiger partial charge < -0.3 is 14.7 Å². The molecule has 1 fully saturated rings. The number of nitrogens with one attached hydrogen (secondary N) is 1. The first-order valence-corrected chi connectivity index (χ1v) is 9.11. The van der Waals surface area contributed by atoms with Crippen molar-refractivity contribution in [1.82, 2.24) is 20.4 Å². The standard InChI is InChI=1S/C19H23FN4O3/c1-13(25)24-10-7-14(8-11-24)19-22-18(27-23-19)6-9-21-17(26)12-15-4-2-3-5-16(15)20/h2-5,14H,6-12H2,1H3,(H,21,26). The first-order chi connectivity index (χ1) is 13.0. The fourth-order valence-corrected chi connectivity index (χ4v) is 3.17. The molecule has 0 saturated carbocycles. The van der Waals surface area contributed by atoms with Gasteiger partial charge in [0.05, 0.1) is 6.42 Å². The van der Waals surface area contributed by atoms with Gasteiger partial charge in [0.2, 0.25) is 17.7 Å². The molecule has 1 N–H and O–H groups in total. The summed E-state index contributed by atoms with van der Waals surface area (Å²) in [5, 5.41) is 6.77. The van der Waals surface area contributed by atoms with Crippen molar-refractivity contribution in [2.75, 3.05) is 19.6 Å². The van der Waals surface area contributed by atoms with E-state index in [0.29, 0.717) is 43.3 Å². The fourth-order valence-electron chi connectivity index (χ4n) is 3.17. The predicted molar refractivity (Wildman–Crippen MR) is 95.3 cm³/mol. The monoisotopic (exact) mass is 374 g/mol. The van der Waals surface area contributed by atoms with E-state index in [1.54, 1.807) is 25.1 Å². The van der Waals surface area contributed by atoms with Crippen molar-refractivity contribution in [3.63, 3.8) is 0 Å². The van der Waals surface area contributed by atoms with Crippen molar-refractivity contribution in [3.8, 4) is 0 Å². The molecule has 2 heterocycles. The van der Waals surface area contributed by atoms with Gasteiger partial charge in [0.25, 0.3) is 0 Å². The normalized spacial score (nSPS) is 15.0. The van der Waals surface area contributed by atoms with Gasteiger partial charge in [0.15, 0.2) is 5.82 Å². The minimum Gasteiger partial charge on any atom is -0.355 e. The molecule has 7 nitrogen and oxygen atoms in total. The molecule has 0 unspecified atom stereocenters. The minimum absolute atomic E-state index is 0.00349. The zero-order chi connectivity index (χ0) is 19.2. The maximum atomic E-state index is 13.6. The lowest BCUT2D eigenvalue weighted by Gasteiger charge is -2.29. The number of carbonyl (C=O) groups is 2. The summed E-state index contributed by atoms with van der Waals surface area (Å²) in [4.78, 5) is 29.5. The van der Waals surface area contributed by atoms with Crippen molar-refractivity contribution in [2.45, 2.75) is 38.5 Å². The molecule has 1 aromatic heterocycles. The molecule has 1 aliphatic heterocycles. The summed E-state index contributed by atoms with van der Waals surface area (Å²) in [6, 6.07) is 6.22. The van der Waals surface area contributed by atoms with Crippen LogP contribution in [0.5, 0.6) is 0 Å². The predicted octanol–water partition coefficient (Wildman–Crippen LogP) is 1.84. The van der Waals surface area contributed by atoms with Crippen molar-refractivity contribution in [2.24, 2.45) is 0 Å². The van der Waals surface area contributed by atoms with Crippen LogP contribution in [0.4, 0.5) is 4.39 Å². The lowest BCUT2D eigenvalue weighted by atomic mass is 9.96. The molecule has 27 heavy (non-hydrogen) atoms. The molecule has 2 aromatic rings. The van der Waals surface area contributed by atoms with E-state index in [1.165, 1.54) is 6.07 Å². The molecule has 0 spiro atoms. The summed E-state index contributed by atoms with van der Waals surface area (Å²) in [5.41, 5.74) is 0.368. The van der Waals surface area contributed by atoms with Crippen LogP contribution in [0.3, 0.4) is 0 Å². The quantitative estimate of drug-likeness (QED) is 0.833. The summed E-state index contributed by atoms with van der Waals surface area (Å²) < 4.78 is 18.8. The third-order valence-electron chi connectivity index (χ3n) is 4.76. The summed E-state index contributed by atoms with van der Waals surface area (Å²) in [5.74, 6) is 0.764. The molecule has 0 atom stereocenters. The Morgan fingerprint density at radius 3 is 2.74 bits per heavy atom. The van der Waals surface area contributed by atoms with Crippen LogP contribution < -0.4 is 5.32 Å². The highest BCUT2D eigenvalue weighted by atomic mass is 19.1. The molecule has 0 radical (unpaired) electrons. The lowest BCUT2D eigenvalue weighted by Crippen LogP contribution is -2.36. The lowest BCUT2D eigenvalue weighted by molar-refractivity contribution is -0.129. The van der Waals surface area contributed by atoms with Crippen LogP contribution >= 0.6 is 0 Å². The zero-order valence-electron chi connectivity index (χ0n) is 15.3. The van der Waals surface area contributed by atoms with Gasteiger partial charge in [-0.15, -0.1) is 0 Å². The summed E-state index contributed by atoms with van der Waals surface area (Å²) in [6.45, 7) is 3.33. The van der Waals surface area contributed by atoms with E-state index >= 15 is 0 Å². The molecule has 1 saturated heterocycles. The van der Waals surface area contributed by atoms with Gasteiger partial charge in [-0.1, -0.05) is 23.4 Å². The van der Waals surface area contributed by atoms with Crippen LogP contribution in [0, 0.1) is 5.82 Å². The Morgan fingerprint density at radius 1 is 1.30 bits per heavy atom. The van der Waals surface area contributed by atoms with Crippen molar-refractivity contribution in [3.05, 3.63) is 47.4 Å². The second kappa shape index (κ2) is 8.75. The van der Waals surface area contributed by atoms with Crippen LogP contribution in [0.1, 0.15) is 43.0 Å². The van der Waals surface area contributed by atoms with Gasteiger partial charge in [-0.2, -0.15) is 4.98 Å². The molecular formula is C19H23FN4O3. The molecule has 3 rings (SSSR count). The Hall–Kier alpha value is -2.77. The highest BCUT2D eigenvalue weighted by molar-refractivity contribution is 5.78. The second-order valence-corrected chi connectivity index (χ2v) is 6.69. The third kappa shape index (κ3) is 5.12. The maximum Gasteiger partial charge on any atom is 0.228 e. The van der Waals surface area contributed by atoms with Crippen LogP contribution in [-0.2, 0) is 22.4 Å². The summed E-state index contributed by atoms with van der Waals surface area (Å²) in [6.07, 6.45) is 2.05. The molecule has 0 bridgehead atoms. The van der Waals surface area contributed by atoms with Gasteiger partial charge >= 0.3 is 0 Å². The van der Waals surface area contributed by atoms with E-state index in [2.05, 4.69) is 15.5 Å². The summed E-state index contributed by atoms with van der Waals surface area (Å²) >= 11 is 0. The number of hydrogen-bond donors (Lipinski definition) is 1. The van der Waals surface area contributed by atoms with Crippen LogP contribution in [0.2, 0.25) is 0 Å². The molecule has 144 valence electrons. The molecule has 1 aliphatic rings. The van der Waals surface area contributed by atoms with Crippen LogP contribution in [0.25, 0.3) is 0 Å². The number of aromatic nitrogens is 2. The first kappa shape index (κ1) is 19.0. The van der Waals surface area contributed by atoms with E-state index in [4.69, 9.17) is 4.52 Å². The van der Waals surface area contributed by atoms with E-state index < -0.39 is 0 Å². The second-order valence-electron chi connectivity index (χ2n) is 6.69. The van der Waals surface area contributed by atoms with Crippen molar-refractivity contribution in [1.29, 1.82) is 0 Å². The van der Waals surface area contributed by atoms with E-state index in [9.17, 15) is 14.0 Å². The van der Waals surface area contributed by atoms with E-state index in [-0.39, 0.29) is 30.0 Å². The molecule has 2 amide bonds. The van der Waals surface area contributed by atoms with E-state index in [0.717, 1.165) is 12.8 Å². The van der Waals surface area contributed by atoms with E-state index in [1.807, 2.05) is 4.90 Å². The maximum absolute atomic E-state index is 13.6. The minimum atomic E-state index is -0.384. The highest BCUT2D eigenvalue weighted by Crippen LogP contribution is 2.25. The number of piperidine rings is 1. The number of likely N-dealkylation sites (tertiary alicyclic amines) is 1. The molecule has 1 aromatic carbocycles. The van der Waals surface area contributed by atoms with Gasteiger partial charge in [0, 0.05) is 38.9 Å². The average molecular weight is 374 g/mol. The number of hydrogen-bond acceptors (Lipinski definition) is 5. The molecule has 8 heteroatoms. The molecular weight excluding hydrogens is 351 g/mol. The van der Waals surface area contributed by atoms with Gasteiger partial charge in [-0.25, -0.2) is 4.39 Å². The number of amides is 2. The largest absolute Gasteiger partial charge is 0.355 e. The topological polar surface area (TPSA) is 88.3 Å². The first-order valence-electron chi connectivity index (χ1n) is 9.11. The molecule has 0 aliphatic carbocycles. The van der Waals surface area contributed by atoms with Crippen LogP contribution in [0.15, 0.2) is 28.8 Å². The average Bonchev–Trinajstić information content (AvgIpc) is 3.12. The Bertz CT molecular complexity index is 800. The Kier molecular flexibility index (Phi) is 6.16. The van der Waals surface area contributed by atoms with Gasteiger partial charge in [-0.3, -0.25) is 9.59 Å². The fraction of sp³-hybridized carbons (Fsp3) is 0.474. The number of benzene rings is 1. The zero-order valence-corrected chi connectivity index (χ0v) is 15.3. The SMILES string of the molecule is CC(=O)N1CCC(c2noc(CCNC(=O)Cc3ccccc3F)n2)CC1. The number of halogens is 1. The van der Waals surface area contributed by atoms with Gasteiger partial charge in [-0.05, 0) is 24.5 Å². The highest BCUT2D eigenvalue weighted by Gasteiger charge is 2.25. The van der Waals surface area contributed by atoms with Crippen molar-refractivity contribution < 1.29 is 18.5 Å².